The van der Waals surface area contributed by atoms with Gasteiger partial charge in [0.25, 0.3) is 0 Å². The SMILES string of the molecule is CCCC1=C(C(=O)OCC)C2(C(=O)O1)C(C(=O)OC(C)C)=C(N)Nc1ccccc12. The Kier molecular flexibility index (Phi) is 5.87. The van der Waals surface area contributed by atoms with E-state index in [1.165, 1.54) is 0 Å². The average molecular weight is 414 g/mol. The molecular weight excluding hydrogens is 388 g/mol. The second kappa shape index (κ2) is 8.22. The molecule has 0 aliphatic carbocycles. The summed E-state index contributed by atoms with van der Waals surface area (Å²) in [5.74, 6) is -2.20. The Balaban J connectivity index is 2.38. The van der Waals surface area contributed by atoms with Crippen molar-refractivity contribution in [3.63, 3.8) is 0 Å². The Morgan fingerprint density at radius 2 is 1.87 bits per heavy atom. The van der Waals surface area contributed by atoms with Gasteiger partial charge in [-0.2, -0.15) is 0 Å². The average Bonchev–Trinajstić information content (AvgIpc) is 2.94. The lowest BCUT2D eigenvalue weighted by Crippen LogP contribution is -2.48. The number of esters is 3. The molecule has 8 heteroatoms. The van der Waals surface area contributed by atoms with Gasteiger partial charge in [-0.15, -0.1) is 0 Å². The van der Waals surface area contributed by atoms with Crippen molar-refractivity contribution in [2.45, 2.75) is 52.1 Å². The molecule has 0 amide bonds. The highest BCUT2D eigenvalue weighted by Gasteiger charge is 2.63. The standard InChI is InChI=1S/C22H26N2O6/c1-5-9-15-16(19(25)28-6-2)22(21(27)30-15)13-10-7-8-11-14(13)24-18(23)17(22)20(26)29-12(3)4/h7-8,10-12,24H,5-6,9,23H2,1-4H3. The summed E-state index contributed by atoms with van der Waals surface area (Å²) in [5, 5.41) is 2.95. The van der Waals surface area contributed by atoms with Gasteiger partial charge in [-0.25, -0.2) is 14.4 Å². The molecule has 1 atom stereocenters. The van der Waals surface area contributed by atoms with Gasteiger partial charge >= 0.3 is 17.9 Å². The Morgan fingerprint density at radius 1 is 1.17 bits per heavy atom. The molecule has 2 heterocycles. The van der Waals surface area contributed by atoms with Crippen LogP contribution in [0.15, 0.2) is 47.0 Å². The number of carbonyl (C=O) groups excluding carboxylic acids is 3. The highest BCUT2D eigenvalue weighted by atomic mass is 16.6. The van der Waals surface area contributed by atoms with E-state index in [1.54, 1.807) is 45.0 Å². The van der Waals surface area contributed by atoms with Crippen LogP contribution >= 0.6 is 0 Å². The third kappa shape index (κ3) is 3.22. The number of hydrogen-bond acceptors (Lipinski definition) is 8. The number of benzene rings is 1. The van der Waals surface area contributed by atoms with E-state index in [1.807, 2.05) is 6.92 Å². The maximum absolute atomic E-state index is 13.5. The van der Waals surface area contributed by atoms with Crippen molar-refractivity contribution in [2.75, 3.05) is 11.9 Å². The van der Waals surface area contributed by atoms with Crippen LogP contribution in [0.3, 0.4) is 0 Å². The minimum absolute atomic E-state index is 0.0243. The molecule has 3 rings (SSSR count). The highest BCUT2D eigenvalue weighted by Crippen LogP contribution is 2.53. The molecule has 1 aromatic rings. The second-order valence-electron chi connectivity index (χ2n) is 7.32. The number of ether oxygens (including phenoxy) is 3. The van der Waals surface area contributed by atoms with E-state index in [2.05, 4.69) is 5.32 Å². The number of nitrogens with two attached hydrogens (primary N) is 1. The summed E-state index contributed by atoms with van der Waals surface area (Å²) in [7, 11) is 0. The zero-order valence-electron chi connectivity index (χ0n) is 17.5. The Hall–Kier alpha value is -3.29. The highest BCUT2D eigenvalue weighted by molar-refractivity contribution is 6.16. The fourth-order valence-corrected chi connectivity index (χ4v) is 3.90. The molecule has 0 radical (unpaired) electrons. The van der Waals surface area contributed by atoms with Crippen LogP contribution in [0.2, 0.25) is 0 Å². The van der Waals surface area contributed by atoms with Crippen LogP contribution in [-0.4, -0.2) is 30.6 Å². The summed E-state index contributed by atoms with van der Waals surface area (Å²) in [4.78, 5) is 39.7. The summed E-state index contributed by atoms with van der Waals surface area (Å²) in [5.41, 5.74) is 5.04. The lowest BCUT2D eigenvalue weighted by atomic mass is 9.66. The van der Waals surface area contributed by atoms with E-state index < -0.39 is 29.4 Å². The van der Waals surface area contributed by atoms with E-state index >= 15 is 0 Å². The number of para-hydroxylation sites is 1. The Bertz CT molecular complexity index is 962. The first-order chi connectivity index (χ1) is 14.3. The van der Waals surface area contributed by atoms with Gasteiger partial charge in [-0.05, 0) is 33.3 Å². The van der Waals surface area contributed by atoms with Crippen LogP contribution in [0.25, 0.3) is 0 Å². The van der Waals surface area contributed by atoms with E-state index in [-0.39, 0.29) is 29.3 Å². The Labute approximate surface area is 175 Å². The molecule has 0 saturated carbocycles. The van der Waals surface area contributed by atoms with Crippen molar-refractivity contribution in [3.05, 3.63) is 52.6 Å². The van der Waals surface area contributed by atoms with Crippen molar-refractivity contribution in [1.82, 2.24) is 0 Å². The van der Waals surface area contributed by atoms with Crippen molar-refractivity contribution in [1.29, 1.82) is 0 Å². The molecule has 0 fully saturated rings. The molecule has 8 nitrogen and oxygen atoms in total. The van der Waals surface area contributed by atoms with Crippen molar-refractivity contribution in [3.8, 4) is 0 Å². The maximum atomic E-state index is 13.5. The number of fused-ring (bicyclic) bond motifs is 2. The van der Waals surface area contributed by atoms with E-state index in [0.29, 0.717) is 24.1 Å². The summed E-state index contributed by atoms with van der Waals surface area (Å²) in [6, 6.07) is 6.84. The van der Waals surface area contributed by atoms with Crippen molar-refractivity contribution < 1.29 is 28.6 Å². The van der Waals surface area contributed by atoms with Gasteiger partial charge in [-0.3, -0.25) is 0 Å². The van der Waals surface area contributed by atoms with Crippen molar-refractivity contribution in [2.24, 2.45) is 5.73 Å². The summed E-state index contributed by atoms with van der Waals surface area (Å²) in [6.45, 7) is 7.02. The lowest BCUT2D eigenvalue weighted by molar-refractivity contribution is -0.149. The largest absolute Gasteiger partial charge is 0.462 e. The smallest absolute Gasteiger partial charge is 0.339 e. The van der Waals surface area contributed by atoms with Crippen molar-refractivity contribution >= 4 is 23.6 Å². The number of carbonyl (C=O) groups is 3. The quantitative estimate of drug-likeness (QED) is 0.539. The number of rotatable bonds is 6. The van der Waals surface area contributed by atoms with Gasteiger partial charge in [-0.1, -0.05) is 25.1 Å². The molecule has 1 spiro atoms. The molecule has 0 aromatic heterocycles. The normalized spacial score (nSPS) is 20.2. The second-order valence-corrected chi connectivity index (χ2v) is 7.32. The van der Waals surface area contributed by atoms with Gasteiger partial charge in [0.1, 0.15) is 22.7 Å². The van der Waals surface area contributed by atoms with Gasteiger partial charge < -0.3 is 25.3 Å². The number of nitrogens with one attached hydrogen (secondary N) is 1. The molecule has 30 heavy (non-hydrogen) atoms. The molecule has 0 bridgehead atoms. The summed E-state index contributed by atoms with van der Waals surface area (Å²) in [6.07, 6.45) is 0.477. The van der Waals surface area contributed by atoms with Crippen LogP contribution in [0.5, 0.6) is 0 Å². The molecule has 1 unspecified atom stereocenters. The van der Waals surface area contributed by atoms with Gasteiger partial charge in [0.05, 0.1) is 12.7 Å². The van der Waals surface area contributed by atoms with Gasteiger partial charge in [0.2, 0.25) is 0 Å². The predicted octanol–water partition coefficient (Wildman–Crippen LogP) is 2.65. The number of cyclic esters (lactones) is 1. The van der Waals surface area contributed by atoms with Gasteiger partial charge in [0, 0.05) is 17.7 Å². The molecule has 2 aliphatic heterocycles. The summed E-state index contributed by atoms with van der Waals surface area (Å²) < 4.78 is 16.2. The van der Waals surface area contributed by atoms with E-state index in [9.17, 15) is 14.4 Å². The molecule has 160 valence electrons. The zero-order chi connectivity index (χ0) is 22.1. The van der Waals surface area contributed by atoms with Crippen LogP contribution in [0, 0.1) is 0 Å². The van der Waals surface area contributed by atoms with Crippen LogP contribution in [0.1, 0.15) is 46.1 Å². The van der Waals surface area contributed by atoms with E-state index in [0.717, 1.165) is 0 Å². The topological polar surface area (TPSA) is 117 Å². The third-order valence-electron chi connectivity index (χ3n) is 4.92. The zero-order valence-corrected chi connectivity index (χ0v) is 17.5. The molecule has 1 aromatic carbocycles. The first-order valence-corrected chi connectivity index (χ1v) is 9.99. The monoisotopic (exact) mass is 414 g/mol. The van der Waals surface area contributed by atoms with E-state index in [4.69, 9.17) is 19.9 Å². The number of hydrogen-bond donors (Lipinski definition) is 2. The van der Waals surface area contributed by atoms with Crippen LogP contribution in [0.4, 0.5) is 5.69 Å². The maximum Gasteiger partial charge on any atom is 0.339 e. The number of allylic oxidation sites excluding steroid dienone is 1. The fourth-order valence-electron chi connectivity index (χ4n) is 3.90. The molecule has 2 aliphatic rings. The molecular formula is C22H26N2O6. The van der Waals surface area contributed by atoms with Gasteiger partial charge in [0.15, 0.2) is 5.41 Å². The predicted molar refractivity (Wildman–Crippen MR) is 109 cm³/mol. The third-order valence-corrected chi connectivity index (χ3v) is 4.92. The molecule has 3 N–H and O–H groups in total. The van der Waals surface area contributed by atoms with Crippen LogP contribution < -0.4 is 11.1 Å². The first-order valence-electron chi connectivity index (χ1n) is 9.99. The Morgan fingerprint density at radius 3 is 2.50 bits per heavy atom. The summed E-state index contributed by atoms with van der Waals surface area (Å²) >= 11 is 0. The molecule has 0 saturated heterocycles. The minimum Gasteiger partial charge on any atom is -0.462 e. The number of anilines is 1. The lowest BCUT2D eigenvalue weighted by Gasteiger charge is -2.36. The van der Waals surface area contributed by atoms with Crippen LogP contribution in [-0.2, 0) is 34.0 Å². The minimum atomic E-state index is -1.87. The first kappa shape index (κ1) is 21.4. The fraction of sp³-hybridized carbons (Fsp3) is 0.409.